The number of imidazole rings is 1. The average Bonchev–Trinajstić information content (AvgIpc) is 2.70. The fraction of sp³-hybridized carbons (Fsp3) is 0.545. The van der Waals surface area contributed by atoms with E-state index >= 15 is 0 Å². The van der Waals surface area contributed by atoms with E-state index in [0.29, 0.717) is 5.82 Å². The Morgan fingerprint density at radius 2 is 2.10 bits per heavy atom. The number of carbonyl (C=O) groups excluding carboxylic acids is 1. The first-order valence-electron chi connectivity index (χ1n) is 6.15. The fourth-order valence-corrected chi connectivity index (χ4v) is 2.47. The Bertz CT molecular complexity index is 618. The van der Waals surface area contributed by atoms with Crippen molar-refractivity contribution in [1.29, 1.82) is 0 Å². The summed E-state index contributed by atoms with van der Waals surface area (Å²) in [6.45, 7) is 2.84. The molecule has 118 valence electrons. The third-order valence-corrected chi connectivity index (χ3v) is 4.09. The minimum atomic E-state index is -3.78. The number of hydrogen-bond donors (Lipinski definition) is 3. The molecule has 0 aliphatic carbocycles. The first kappa shape index (κ1) is 17.1. The number of aryl methyl sites for hydroxylation is 2. The van der Waals surface area contributed by atoms with E-state index < -0.39 is 27.9 Å². The second-order valence-corrected chi connectivity index (χ2v) is 6.23. The molecule has 0 aliphatic heterocycles. The van der Waals surface area contributed by atoms with Crippen LogP contribution in [0.3, 0.4) is 0 Å². The second kappa shape index (κ2) is 6.68. The van der Waals surface area contributed by atoms with Crippen LogP contribution in [-0.2, 0) is 26.7 Å². The Balaban J connectivity index is 2.51. The number of amides is 1. The summed E-state index contributed by atoms with van der Waals surface area (Å²) < 4.78 is 27.6. The summed E-state index contributed by atoms with van der Waals surface area (Å²) in [5, 5.41) is 10.7. The summed E-state index contributed by atoms with van der Waals surface area (Å²) >= 11 is 0. The van der Waals surface area contributed by atoms with E-state index in [9.17, 15) is 18.0 Å². The third-order valence-electron chi connectivity index (χ3n) is 2.75. The van der Waals surface area contributed by atoms with Crippen molar-refractivity contribution in [3.05, 3.63) is 12.0 Å². The van der Waals surface area contributed by atoms with Gasteiger partial charge in [-0.25, -0.2) is 18.1 Å². The summed E-state index contributed by atoms with van der Waals surface area (Å²) in [5.74, 6) is -1.17. The lowest BCUT2D eigenvalue weighted by Gasteiger charge is -2.09. The van der Waals surface area contributed by atoms with Gasteiger partial charge < -0.3 is 15.0 Å². The predicted octanol–water partition coefficient (Wildman–Crippen LogP) is -1.01. The maximum atomic E-state index is 11.9. The lowest BCUT2D eigenvalue weighted by molar-refractivity contribution is -0.141. The third kappa shape index (κ3) is 4.83. The van der Waals surface area contributed by atoms with Crippen molar-refractivity contribution in [3.63, 3.8) is 0 Å². The van der Waals surface area contributed by atoms with E-state index in [-0.39, 0.29) is 18.0 Å². The van der Waals surface area contributed by atoms with E-state index in [1.165, 1.54) is 13.1 Å². The van der Waals surface area contributed by atoms with Crippen LogP contribution < -0.4 is 10.0 Å². The van der Waals surface area contributed by atoms with Gasteiger partial charge in [0.1, 0.15) is 11.9 Å². The van der Waals surface area contributed by atoms with Gasteiger partial charge in [-0.2, -0.15) is 0 Å². The molecule has 10 heteroatoms. The Morgan fingerprint density at radius 1 is 1.48 bits per heavy atom. The highest BCUT2D eigenvalue weighted by Gasteiger charge is 2.19. The number of carbonyl (C=O) groups is 2. The summed E-state index contributed by atoms with van der Waals surface area (Å²) in [6, 6.07) is -1.02. The molecule has 0 fully saturated rings. The number of carboxylic acids is 1. The van der Waals surface area contributed by atoms with Crippen LogP contribution in [0.25, 0.3) is 0 Å². The van der Waals surface area contributed by atoms with E-state index in [2.05, 4.69) is 15.0 Å². The number of rotatable bonds is 7. The van der Waals surface area contributed by atoms with Gasteiger partial charge in [-0.05, 0) is 13.8 Å². The Morgan fingerprint density at radius 3 is 2.57 bits per heavy atom. The number of nitrogens with one attached hydrogen (secondary N) is 2. The summed E-state index contributed by atoms with van der Waals surface area (Å²) in [7, 11) is -2.11. The zero-order valence-corrected chi connectivity index (χ0v) is 12.8. The van der Waals surface area contributed by atoms with Crippen molar-refractivity contribution in [1.82, 2.24) is 19.6 Å². The molecule has 1 atom stereocenters. The molecule has 0 unspecified atom stereocenters. The maximum absolute atomic E-state index is 11.9. The molecular formula is C11H18N4O5S. The molecule has 0 radical (unpaired) electrons. The number of sulfonamides is 1. The number of aliphatic carboxylic acids is 1. The topological polar surface area (TPSA) is 130 Å². The molecule has 0 aromatic carbocycles. The van der Waals surface area contributed by atoms with Crippen molar-refractivity contribution in [2.45, 2.75) is 31.3 Å². The van der Waals surface area contributed by atoms with Crippen LogP contribution >= 0.6 is 0 Å². The SMILES string of the molecule is Cc1nc(S(=O)(=O)NCCC(=O)N[C@@H](C)C(=O)O)cn1C. The minimum Gasteiger partial charge on any atom is -0.480 e. The van der Waals surface area contributed by atoms with Crippen LogP contribution in [0.2, 0.25) is 0 Å². The molecule has 1 heterocycles. The highest BCUT2D eigenvalue weighted by Crippen LogP contribution is 2.07. The van der Waals surface area contributed by atoms with Crippen molar-refractivity contribution < 1.29 is 23.1 Å². The van der Waals surface area contributed by atoms with E-state index in [1.54, 1.807) is 18.5 Å². The molecule has 9 nitrogen and oxygen atoms in total. The summed E-state index contributed by atoms with van der Waals surface area (Å²) in [6.07, 6.45) is 1.20. The molecule has 0 bridgehead atoms. The number of aromatic nitrogens is 2. The van der Waals surface area contributed by atoms with Gasteiger partial charge in [-0.1, -0.05) is 0 Å². The monoisotopic (exact) mass is 318 g/mol. The number of nitrogens with zero attached hydrogens (tertiary/aromatic N) is 2. The molecule has 1 rings (SSSR count). The van der Waals surface area contributed by atoms with Crippen molar-refractivity contribution in [2.75, 3.05) is 6.54 Å². The minimum absolute atomic E-state index is 0.123. The van der Waals surface area contributed by atoms with Crippen molar-refractivity contribution >= 4 is 21.9 Å². The molecule has 0 saturated heterocycles. The molecule has 0 aliphatic rings. The zero-order valence-electron chi connectivity index (χ0n) is 12.0. The fourth-order valence-electron chi connectivity index (χ4n) is 1.40. The normalized spacial score (nSPS) is 12.9. The second-order valence-electron chi connectivity index (χ2n) is 4.51. The molecular weight excluding hydrogens is 300 g/mol. The Hall–Kier alpha value is -1.94. The molecule has 1 aromatic heterocycles. The van der Waals surface area contributed by atoms with Gasteiger partial charge in [0.05, 0.1) is 0 Å². The van der Waals surface area contributed by atoms with E-state index in [1.807, 2.05) is 0 Å². The van der Waals surface area contributed by atoms with Crippen LogP contribution in [0.4, 0.5) is 0 Å². The van der Waals surface area contributed by atoms with Gasteiger partial charge in [0.25, 0.3) is 10.0 Å². The number of carboxylic acid groups (broad SMARTS) is 1. The summed E-state index contributed by atoms with van der Waals surface area (Å²) in [4.78, 5) is 25.8. The molecule has 0 saturated carbocycles. The molecule has 1 amide bonds. The molecule has 0 spiro atoms. The summed E-state index contributed by atoms with van der Waals surface area (Å²) in [5.41, 5.74) is 0. The highest BCUT2D eigenvalue weighted by molar-refractivity contribution is 7.89. The largest absolute Gasteiger partial charge is 0.480 e. The first-order valence-corrected chi connectivity index (χ1v) is 7.63. The average molecular weight is 318 g/mol. The standard InChI is InChI=1S/C11H18N4O5S/c1-7(11(17)18)13-9(16)4-5-12-21(19,20)10-6-15(3)8(2)14-10/h6-7,12H,4-5H2,1-3H3,(H,13,16)(H,17,18)/t7-/m0/s1. The van der Waals surface area contributed by atoms with Gasteiger partial charge in [-0.15, -0.1) is 0 Å². The highest BCUT2D eigenvalue weighted by atomic mass is 32.2. The predicted molar refractivity (Wildman–Crippen MR) is 73.0 cm³/mol. The molecule has 1 aromatic rings. The molecule has 21 heavy (non-hydrogen) atoms. The zero-order chi connectivity index (χ0) is 16.2. The smallest absolute Gasteiger partial charge is 0.325 e. The first-order chi connectivity index (χ1) is 9.63. The van der Waals surface area contributed by atoms with Gasteiger partial charge >= 0.3 is 5.97 Å². The quantitative estimate of drug-likeness (QED) is 0.590. The number of hydrogen-bond acceptors (Lipinski definition) is 5. The van der Waals surface area contributed by atoms with Gasteiger partial charge in [0, 0.05) is 26.2 Å². The van der Waals surface area contributed by atoms with Crippen LogP contribution in [0.15, 0.2) is 11.2 Å². The lowest BCUT2D eigenvalue weighted by Crippen LogP contribution is -2.39. The maximum Gasteiger partial charge on any atom is 0.325 e. The van der Waals surface area contributed by atoms with Crippen LogP contribution in [0.1, 0.15) is 19.2 Å². The van der Waals surface area contributed by atoms with Gasteiger partial charge in [0.2, 0.25) is 5.91 Å². The lowest BCUT2D eigenvalue weighted by atomic mass is 10.3. The molecule has 3 N–H and O–H groups in total. The van der Waals surface area contributed by atoms with E-state index in [0.717, 1.165) is 0 Å². The van der Waals surface area contributed by atoms with Crippen LogP contribution in [-0.4, -0.2) is 47.5 Å². The van der Waals surface area contributed by atoms with Crippen molar-refractivity contribution in [3.8, 4) is 0 Å². The van der Waals surface area contributed by atoms with E-state index in [4.69, 9.17) is 5.11 Å². The van der Waals surface area contributed by atoms with Crippen LogP contribution in [0, 0.1) is 6.92 Å². The van der Waals surface area contributed by atoms with Crippen molar-refractivity contribution in [2.24, 2.45) is 7.05 Å². The van der Waals surface area contributed by atoms with Gasteiger partial charge in [0.15, 0.2) is 5.03 Å². The van der Waals surface area contributed by atoms with Gasteiger partial charge in [-0.3, -0.25) is 9.59 Å². The Kier molecular flexibility index (Phi) is 5.44. The van der Waals surface area contributed by atoms with Crippen LogP contribution in [0.5, 0.6) is 0 Å². The Labute approximate surface area is 122 Å².